The number of benzene rings is 7. The summed E-state index contributed by atoms with van der Waals surface area (Å²) in [5, 5.41) is 6.56. The Hall–Kier alpha value is -6.79. The number of para-hydroxylation sites is 2. The fraction of sp³-hybridized carbons (Fsp3) is 0. The molecule has 3 heterocycles. The number of furan rings is 1. The Labute approximate surface area is 280 Å². The number of nitrogens with zero attached hydrogens (tertiary/aromatic N) is 5. The Morgan fingerprint density at radius 2 is 1.06 bits per heavy atom. The van der Waals surface area contributed by atoms with Crippen molar-refractivity contribution in [2.75, 3.05) is 0 Å². The second-order valence-electron chi connectivity index (χ2n) is 12.2. The molecule has 0 unspecified atom stereocenters. The van der Waals surface area contributed by atoms with Crippen molar-refractivity contribution in [1.29, 1.82) is 0 Å². The van der Waals surface area contributed by atoms with E-state index in [1.807, 2.05) is 79.0 Å². The third kappa shape index (κ3) is 4.69. The topological polar surface area (TPSA) is 77.6 Å². The van der Waals surface area contributed by atoms with Gasteiger partial charge in [0.15, 0.2) is 17.5 Å². The van der Waals surface area contributed by atoms with Gasteiger partial charge in [-0.15, -0.1) is 0 Å². The Balaban J connectivity index is 1.19. The smallest absolute Gasteiger partial charge is 0.164 e. The highest BCUT2D eigenvalue weighted by atomic mass is 16.3. The molecule has 0 bridgehead atoms. The molecule has 10 aromatic rings. The number of aromatic nitrogens is 5. The van der Waals surface area contributed by atoms with Gasteiger partial charge in [0, 0.05) is 33.0 Å². The van der Waals surface area contributed by atoms with Crippen LogP contribution in [-0.4, -0.2) is 24.9 Å². The normalized spacial score (nSPS) is 11.7. The van der Waals surface area contributed by atoms with Gasteiger partial charge in [-0.3, -0.25) is 4.98 Å². The third-order valence-electron chi connectivity index (χ3n) is 9.11. The highest BCUT2D eigenvalue weighted by molar-refractivity contribution is 6.15. The van der Waals surface area contributed by atoms with Gasteiger partial charge >= 0.3 is 0 Å². The van der Waals surface area contributed by atoms with Crippen molar-refractivity contribution in [3.8, 4) is 45.4 Å². The van der Waals surface area contributed by atoms with E-state index in [4.69, 9.17) is 24.4 Å². The van der Waals surface area contributed by atoms with Gasteiger partial charge in [-0.25, -0.2) is 19.9 Å². The number of rotatable bonds is 4. The molecule has 0 amide bonds. The molecule has 0 atom stereocenters. The second-order valence-corrected chi connectivity index (χ2v) is 12.2. The zero-order valence-corrected chi connectivity index (χ0v) is 26.1. The van der Waals surface area contributed by atoms with Crippen molar-refractivity contribution >= 4 is 54.5 Å². The highest BCUT2D eigenvalue weighted by Crippen LogP contribution is 2.38. The van der Waals surface area contributed by atoms with Crippen molar-refractivity contribution in [2.45, 2.75) is 0 Å². The molecular formula is C43H25N5O. The maximum atomic E-state index is 6.41. The van der Waals surface area contributed by atoms with E-state index in [9.17, 15) is 0 Å². The van der Waals surface area contributed by atoms with Crippen LogP contribution in [0.25, 0.3) is 99.9 Å². The fourth-order valence-corrected chi connectivity index (χ4v) is 6.69. The fourth-order valence-electron chi connectivity index (χ4n) is 6.69. The lowest BCUT2D eigenvalue weighted by Crippen LogP contribution is -2.00. The van der Waals surface area contributed by atoms with Crippen LogP contribution in [0, 0.1) is 0 Å². The molecular weight excluding hydrogens is 603 g/mol. The SMILES string of the molecule is c1cc(-c2cnc3ccccc3n2)cc(-c2nc(-c3ccc4ccccc4c3)nc(-c3cccc4oc5cc6ccccc6cc5c34)n2)c1. The van der Waals surface area contributed by atoms with Crippen molar-refractivity contribution < 1.29 is 4.42 Å². The van der Waals surface area contributed by atoms with Gasteiger partial charge < -0.3 is 4.42 Å². The standard InChI is InChI=1S/C43H25N5O/c1-2-10-27-21-32(20-19-26(27)9-1)42-46-41(31-14-7-13-30(22-31)37-25-44-35-16-5-6-17-36(35)45-37)47-43(48-42)33-15-8-18-38-40(33)34-23-28-11-3-4-12-29(28)24-39(34)49-38/h1-25H. The zero-order chi connectivity index (χ0) is 32.3. The molecule has 0 spiro atoms. The van der Waals surface area contributed by atoms with E-state index < -0.39 is 0 Å². The molecule has 6 heteroatoms. The summed E-state index contributed by atoms with van der Waals surface area (Å²) < 4.78 is 6.41. The van der Waals surface area contributed by atoms with E-state index >= 15 is 0 Å². The first-order chi connectivity index (χ1) is 24.2. The maximum Gasteiger partial charge on any atom is 0.164 e. The van der Waals surface area contributed by atoms with E-state index in [0.29, 0.717) is 17.5 Å². The molecule has 3 aromatic heterocycles. The van der Waals surface area contributed by atoms with Gasteiger partial charge in [0.2, 0.25) is 0 Å². The highest BCUT2D eigenvalue weighted by Gasteiger charge is 2.19. The van der Waals surface area contributed by atoms with Gasteiger partial charge in [0.25, 0.3) is 0 Å². The van der Waals surface area contributed by atoms with Crippen LogP contribution >= 0.6 is 0 Å². The second kappa shape index (κ2) is 10.9. The van der Waals surface area contributed by atoms with E-state index in [2.05, 4.69) is 77.8 Å². The summed E-state index contributed by atoms with van der Waals surface area (Å²) >= 11 is 0. The molecule has 0 aliphatic heterocycles. The van der Waals surface area contributed by atoms with Crippen LogP contribution in [0.15, 0.2) is 156 Å². The summed E-state index contributed by atoms with van der Waals surface area (Å²) in [4.78, 5) is 24.9. The predicted molar refractivity (Wildman–Crippen MR) is 197 cm³/mol. The minimum absolute atomic E-state index is 0.569. The van der Waals surface area contributed by atoms with Crippen molar-refractivity contribution in [3.05, 3.63) is 152 Å². The van der Waals surface area contributed by atoms with Crippen molar-refractivity contribution in [3.63, 3.8) is 0 Å². The summed E-state index contributed by atoms with van der Waals surface area (Å²) in [6.45, 7) is 0. The van der Waals surface area contributed by atoms with Crippen molar-refractivity contribution in [1.82, 2.24) is 24.9 Å². The quantitative estimate of drug-likeness (QED) is 0.193. The number of fused-ring (bicyclic) bond motifs is 6. The van der Waals surface area contributed by atoms with Crippen LogP contribution in [-0.2, 0) is 0 Å². The van der Waals surface area contributed by atoms with E-state index in [1.165, 1.54) is 0 Å². The van der Waals surface area contributed by atoms with Crippen LogP contribution in [0.3, 0.4) is 0 Å². The molecule has 0 saturated carbocycles. The lowest BCUT2D eigenvalue weighted by Gasteiger charge is -2.11. The lowest BCUT2D eigenvalue weighted by atomic mass is 10.0. The van der Waals surface area contributed by atoms with E-state index in [1.54, 1.807) is 0 Å². The monoisotopic (exact) mass is 627 g/mol. The first-order valence-corrected chi connectivity index (χ1v) is 16.2. The summed E-state index contributed by atoms with van der Waals surface area (Å²) in [5.74, 6) is 1.74. The van der Waals surface area contributed by atoms with Crippen LogP contribution in [0.2, 0.25) is 0 Å². The average Bonchev–Trinajstić information content (AvgIpc) is 3.54. The molecule has 0 fully saturated rings. The molecule has 0 saturated heterocycles. The minimum Gasteiger partial charge on any atom is -0.456 e. The Bertz CT molecular complexity index is 2910. The molecule has 49 heavy (non-hydrogen) atoms. The Morgan fingerprint density at radius 1 is 0.408 bits per heavy atom. The van der Waals surface area contributed by atoms with E-state index in [-0.39, 0.29) is 0 Å². The Morgan fingerprint density at radius 3 is 1.90 bits per heavy atom. The molecule has 6 nitrogen and oxygen atoms in total. The summed E-state index contributed by atoms with van der Waals surface area (Å²) in [6.07, 6.45) is 1.81. The molecule has 10 rings (SSSR count). The predicted octanol–water partition coefficient (Wildman–Crippen LogP) is 10.7. The number of hydrogen-bond donors (Lipinski definition) is 0. The van der Waals surface area contributed by atoms with Crippen LogP contribution in [0.4, 0.5) is 0 Å². The van der Waals surface area contributed by atoms with Gasteiger partial charge in [-0.2, -0.15) is 0 Å². The third-order valence-corrected chi connectivity index (χ3v) is 9.11. The minimum atomic E-state index is 0.569. The van der Waals surface area contributed by atoms with Gasteiger partial charge in [0.1, 0.15) is 11.2 Å². The van der Waals surface area contributed by atoms with Crippen LogP contribution in [0.5, 0.6) is 0 Å². The van der Waals surface area contributed by atoms with Crippen LogP contribution in [0.1, 0.15) is 0 Å². The average molecular weight is 628 g/mol. The molecule has 0 aliphatic rings. The summed E-state index contributed by atoms with van der Waals surface area (Å²) in [5.41, 5.74) is 7.69. The Kier molecular flexibility index (Phi) is 6.08. The van der Waals surface area contributed by atoms with Crippen molar-refractivity contribution in [2.24, 2.45) is 0 Å². The zero-order valence-electron chi connectivity index (χ0n) is 26.1. The molecule has 0 radical (unpaired) electrons. The molecule has 0 N–H and O–H groups in total. The summed E-state index contributed by atoms with van der Waals surface area (Å²) in [7, 11) is 0. The van der Waals surface area contributed by atoms with Gasteiger partial charge in [0.05, 0.1) is 22.9 Å². The molecule has 0 aliphatic carbocycles. The van der Waals surface area contributed by atoms with E-state index in [0.717, 1.165) is 82.5 Å². The molecule has 7 aromatic carbocycles. The van der Waals surface area contributed by atoms with Crippen LogP contribution < -0.4 is 0 Å². The molecule has 228 valence electrons. The van der Waals surface area contributed by atoms with Gasteiger partial charge in [-0.1, -0.05) is 103 Å². The largest absolute Gasteiger partial charge is 0.456 e. The first-order valence-electron chi connectivity index (χ1n) is 16.2. The number of hydrogen-bond acceptors (Lipinski definition) is 6. The van der Waals surface area contributed by atoms with Gasteiger partial charge in [-0.05, 0) is 64.0 Å². The lowest BCUT2D eigenvalue weighted by molar-refractivity contribution is 0.669. The first kappa shape index (κ1) is 27.3. The maximum absolute atomic E-state index is 6.41. The summed E-state index contributed by atoms with van der Waals surface area (Å²) in [6, 6.07) is 49.4.